The highest BCUT2D eigenvalue weighted by molar-refractivity contribution is 6.04. The Hall–Kier alpha value is -4.54. The van der Waals surface area contributed by atoms with Gasteiger partial charge in [0.1, 0.15) is 11.4 Å². The molecule has 0 saturated carbocycles. The lowest BCUT2D eigenvalue weighted by Gasteiger charge is -2.09. The second kappa shape index (κ2) is 8.91. The summed E-state index contributed by atoms with van der Waals surface area (Å²) in [4.78, 5) is 55.4. The minimum Gasteiger partial charge on any atom is -0.423 e. The van der Waals surface area contributed by atoms with E-state index < -0.39 is 17.2 Å². The maximum atomic E-state index is 12.6. The summed E-state index contributed by atoms with van der Waals surface area (Å²) in [7, 11) is 1.71. The predicted molar refractivity (Wildman–Crippen MR) is 119 cm³/mol. The Labute approximate surface area is 186 Å². The number of pyridine rings is 1. The summed E-state index contributed by atoms with van der Waals surface area (Å²) in [5.41, 5.74) is 0.0122. The number of benzene rings is 1. The van der Waals surface area contributed by atoms with Crippen LogP contribution in [0.15, 0.2) is 58.5 Å². The summed E-state index contributed by atoms with van der Waals surface area (Å²) in [6, 6.07) is 7.57. The number of hydrogen-bond acceptors (Lipinski definition) is 7. The molecule has 4 rings (SSSR count). The number of nitrogens with zero attached hydrogens (tertiary/aromatic N) is 4. The summed E-state index contributed by atoms with van der Waals surface area (Å²) in [5, 5.41) is 6.79. The first-order valence-corrected chi connectivity index (χ1v) is 10.1. The van der Waals surface area contributed by atoms with E-state index in [2.05, 4.69) is 20.4 Å². The molecule has 2 N–H and O–H groups in total. The van der Waals surface area contributed by atoms with Crippen molar-refractivity contribution in [1.29, 1.82) is 0 Å². The molecule has 11 nitrogen and oxygen atoms in total. The van der Waals surface area contributed by atoms with Crippen LogP contribution in [0.4, 0.5) is 5.69 Å². The average Bonchev–Trinajstić information content (AvgIpc) is 3.24. The second-order valence-corrected chi connectivity index (χ2v) is 7.28. The quantitative estimate of drug-likeness (QED) is 0.338. The number of anilines is 1. The van der Waals surface area contributed by atoms with Crippen molar-refractivity contribution >= 4 is 28.6 Å². The maximum Gasteiger partial charge on any atom is 0.345 e. The summed E-state index contributed by atoms with van der Waals surface area (Å²) in [6.07, 6.45) is 4.98. The molecule has 168 valence electrons. The van der Waals surface area contributed by atoms with Gasteiger partial charge in [-0.3, -0.25) is 23.8 Å². The first-order valence-electron chi connectivity index (χ1n) is 10.1. The van der Waals surface area contributed by atoms with Crippen LogP contribution in [-0.2, 0) is 13.6 Å². The van der Waals surface area contributed by atoms with E-state index in [1.807, 2.05) is 6.92 Å². The Balaban J connectivity index is 1.50. The van der Waals surface area contributed by atoms with Gasteiger partial charge in [0.25, 0.3) is 11.5 Å². The summed E-state index contributed by atoms with van der Waals surface area (Å²) in [5.74, 6) is -0.796. The molecule has 0 radical (unpaired) electrons. The van der Waals surface area contributed by atoms with Crippen molar-refractivity contribution in [2.45, 2.75) is 19.9 Å². The fraction of sp³-hybridized carbons (Fsp3) is 0.182. The molecule has 0 aliphatic rings. The molecule has 0 fully saturated rings. The number of fused-ring (bicyclic) bond motifs is 1. The molecular weight excluding hydrogens is 428 g/mol. The van der Waals surface area contributed by atoms with Gasteiger partial charge in [0.2, 0.25) is 0 Å². The van der Waals surface area contributed by atoms with Gasteiger partial charge < -0.3 is 10.1 Å². The standard InChI is InChI=1S/C22H20N6O5/c1-3-8-28-18-17(20(30)26-22(28)32)9-13(10-23-18)21(31)33-16-6-4-15(5-7-16)25-19(29)14-11-24-27(2)12-14/h4-7,9-12H,3,8H2,1-2H3,(H,25,29)(H,26,30,32). The van der Waals surface area contributed by atoms with Gasteiger partial charge in [-0.2, -0.15) is 5.10 Å². The van der Waals surface area contributed by atoms with E-state index in [9.17, 15) is 19.2 Å². The van der Waals surface area contributed by atoms with Crippen LogP contribution in [-0.4, -0.2) is 36.2 Å². The lowest BCUT2D eigenvalue weighted by atomic mass is 10.2. The highest BCUT2D eigenvalue weighted by Gasteiger charge is 2.15. The monoisotopic (exact) mass is 448 g/mol. The van der Waals surface area contributed by atoms with Crippen LogP contribution in [0.1, 0.15) is 34.1 Å². The van der Waals surface area contributed by atoms with Crippen LogP contribution >= 0.6 is 0 Å². The number of amides is 1. The smallest absolute Gasteiger partial charge is 0.345 e. The second-order valence-electron chi connectivity index (χ2n) is 7.28. The van der Waals surface area contributed by atoms with E-state index in [-0.39, 0.29) is 28.3 Å². The van der Waals surface area contributed by atoms with Gasteiger partial charge >= 0.3 is 11.7 Å². The Morgan fingerprint density at radius 3 is 2.55 bits per heavy atom. The lowest BCUT2D eigenvalue weighted by molar-refractivity contribution is 0.0734. The number of aromatic amines is 1. The number of ether oxygens (including phenoxy) is 1. The van der Waals surface area contributed by atoms with E-state index in [0.29, 0.717) is 24.2 Å². The third kappa shape index (κ3) is 4.56. The minimum absolute atomic E-state index is 0.0589. The summed E-state index contributed by atoms with van der Waals surface area (Å²) < 4.78 is 8.23. The van der Waals surface area contributed by atoms with Gasteiger partial charge in [-0.1, -0.05) is 6.92 Å². The molecule has 0 aliphatic carbocycles. The molecule has 0 saturated heterocycles. The van der Waals surface area contributed by atoms with Gasteiger partial charge in [-0.25, -0.2) is 14.6 Å². The van der Waals surface area contributed by atoms with Crippen molar-refractivity contribution in [3.05, 3.63) is 80.9 Å². The molecule has 1 aromatic carbocycles. The molecule has 33 heavy (non-hydrogen) atoms. The number of aryl methyl sites for hydroxylation is 2. The van der Waals surface area contributed by atoms with Crippen molar-refractivity contribution < 1.29 is 14.3 Å². The molecule has 3 heterocycles. The highest BCUT2D eigenvalue weighted by atomic mass is 16.5. The zero-order valence-corrected chi connectivity index (χ0v) is 17.9. The van der Waals surface area contributed by atoms with E-state index in [1.54, 1.807) is 25.4 Å². The number of hydrogen-bond donors (Lipinski definition) is 2. The number of carbonyl (C=O) groups is 2. The Bertz CT molecular complexity index is 1470. The number of rotatable bonds is 6. The molecule has 0 aliphatic heterocycles. The van der Waals surface area contributed by atoms with Crippen molar-refractivity contribution in [1.82, 2.24) is 24.3 Å². The van der Waals surface area contributed by atoms with Crippen molar-refractivity contribution in [2.75, 3.05) is 5.32 Å². The molecule has 4 aromatic rings. The van der Waals surface area contributed by atoms with Crippen LogP contribution in [0.25, 0.3) is 11.0 Å². The molecule has 11 heteroatoms. The van der Waals surface area contributed by atoms with Crippen LogP contribution in [0.5, 0.6) is 5.75 Å². The lowest BCUT2D eigenvalue weighted by Crippen LogP contribution is -2.31. The highest BCUT2D eigenvalue weighted by Crippen LogP contribution is 2.18. The van der Waals surface area contributed by atoms with E-state index in [4.69, 9.17) is 4.74 Å². The van der Waals surface area contributed by atoms with Crippen molar-refractivity contribution in [3.63, 3.8) is 0 Å². The zero-order valence-electron chi connectivity index (χ0n) is 17.9. The summed E-state index contributed by atoms with van der Waals surface area (Å²) in [6.45, 7) is 2.28. The van der Waals surface area contributed by atoms with Crippen LogP contribution in [0.2, 0.25) is 0 Å². The van der Waals surface area contributed by atoms with Gasteiger partial charge in [-0.15, -0.1) is 0 Å². The fourth-order valence-corrected chi connectivity index (χ4v) is 3.22. The average molecular weight is 448 g/mol. The third-order valence-corrected chi connectivity index (χ3v) is 4.81. The van der Waals surface area contributed by atoms with Gasteiger partial charge in [0, 0.05) is 31.7 Å². The molecule has 0 unspecified atom stereocenters. The minimum atomic E-state index is -0.718. The first kappa shape index (κ1) is 21.7. The van der Waals surface area contributed by atoms with E-state index in [1.165, 1.54) is 39.8 Å². The van der Waals surface area contributed by atoms with Crippen LogP contribution < -0.4 is 21.3 Å². The number of carbonyl (C=O) groups excluding carboxylic acids is 2. The van der Waals surface area contributed by atoms with Gasteiger partial charge in [0.15, 0.2) is 0 Å². The molecule has 0 atom stereocenters. The molecule has 0 spiro atoms. The first-order chi connectivity index (χ1) is 15.9. The van der Waals surface area contributed by atoms with Gasteiger partial charge in [-0.05, 0) is 36.8 Å². The topological polar surface area (TPSA) is 141 Å². The largest absolute Gasteiger partial charge is 0.423 e. The molecule has 0 bridgehead atoms. The number of H-pyrrole nitrogens is 1. The molecule has 3 aromatic heterocycles. The van der Waals surface area contributed by atoms with E-state index in [0.717, 1.165) is 0 Å². The predicted octanol–water partition coefficient (Wildman–Crippen LogP) is 1.70. The zero-order chi connectivity index (χ0) is 23.5. The van der Waals surface area contributed by atoms with Crippen LogP contribution in [0.3, 0.4) is 0 Å². The van der Waals surface area contributed by atoms with Gasteiger partial charge in [0.05, 0.1) is 22.7 Å². The third-order valence-electron chi connectivity index (χ3n) is 4.81. The fourth-order valence-electron chi connectivity index (χ4n) is 3.22. The Morgan fingerprint density at radius 2 is 1.88 bits per heavy atom. The SMILES string of the molecule is CCCn1c(=O)[nH]c(=O)c2cc(C(=O)Oc3ccc(NC(=O)c4cnn(C)c4)cc3)cnc21. The number of esters is 1. The van der Waals surface area contributed by atoms with Crippen molar-refractivity contribution in [2.24, 2.45) is 7.05 Å². The maximum absolute atomic E-state index is 12.6. The summed E-state index contributed by atoms with van der Waals surface area (Å²) >= 11 is 0. The van der Waals surface area contributed by atoms with Crippen molar-refractivity contribution in [3.8, 4) is 5.75 Å². The Morgan fingerprint density at radius 1 is 1.12 bits per heavy atom. The normalized spacial score (nSPS) is 10.8. The molecule has 1 amide bonds. The number of nitrogens with one attached hydrogen (secondary N) is 2. The Kier molecular flexibility index (Phi) is 5.85. The number of aromatic nitrogens is 5. The van der Waals surface area contributed by atoms with E-state index >= 15 is 0 Å². The molecular formula is C22H20N6O5. The van der Waals surface area contributed by atoms with Crippen LogP contribution in [0, 0.1) is 0 Å².